The summed E-state index contributed by atoms with van der Waals surface area (Å²) in [5.41, 5.74) is -0.988. The maximum Gasteiger partial charge on any atom is 0.302 e. The molecular weight excluding hydrogens is 192 g/mol. The maximum absolute atomic E-state index is 11.3. The Kier molecular flexibility index (Phi) is 3.58. The van der Waals surface area contributed by atoms with E-state index < -0.39 is 17.0 Å². The third-order valence-corrected chi connectivity index (χ3v) is 3.00. The zero-order chi connectivity index (χ0) is 9.90. The molecule has 0 aromatic rings. The largest absolute Gasteiger partial charge is 0.302 e. The van der Waals surface area contributed by atoms with Crippen LogP contribution in [0, 0.1) is 0 Å². The first kappa shape index (κ1) is 10.8. The quantitative estimate of drug-likeness (QED) is 0.709. The maximum atomic E-state index is 11.3. The van der Waals surface area contributed by atoms with Crippen molar-refractivity contribution < 1.29 is 17.7 Å². The minimum absolute atomic E-state index is 0.144. The Hall–Kier alpha value is -0.260. The van der Waals surface area contributed by atoms with Gasteiger partial charge in [0.1, 0.15) is 5.60 Å². The number of carbonyl (C=O) groups is 1. The van der Waals surface area contributed by atoms with Gasteiger partial charge in [0, 0.05) is 0 Å². The van der Waals surface area contributed by atoms with Gasteiger partial charge in [-0.05, 0) is 19.8 Å². The van der Waals surface area contributed by atoms with E-state index in [4.69, 9.17) is 8.74 Å². The Bertz CT molecular complexity index is 220. The molecule has 5 heteroatoms. The fourth-order valence-electron chi connectivity index (χ4n) is 1.75. The van der Waals surface area contributed by atoms with Gasteiger partial charge < -0.3 is 0 Å². The Morgan fingerprint density at radius 2 is 1.92 bits per heavy atom. The molecule has 0 amide bonds. The zero-order valence-corrected chi connectivity index (χ0v) is 8.43. The van der Waals surface area contributed by atoms with Crippen LogP contribution >= 0.6 is 0 Å². The molecule has 1 N–H and O–H groups in total. The second-order valence-corrected chi connectivity index (χ2v) is 4.01. The highest BCUT2D eigenvalue weighted by atomic mass is 32.2. The number of hydrogen-bond acceptors (Lipinski definition) is 3. The van der Waals surface area contributed by atoms with Crippen LogP contribution in [0.15, 0.2) is 0 Å². The molecule has 1 aliphatic carbocycles. The van der Waals surface area contributed by atoms with Crippen LogP contribution in [0.1, 0.15) is 39.0 Å². The van der Waals surface area contributed by atoms with Crippen molar-refractivity contribution in [3.8, 4) is 0 Å². The third-order valence-electron chi connectivity index (χ3n) is 2.53. The van der Waals surface area contributed by atoms with Crippen molar-refractivity contribution in [3.05, 3.63) is 0 Å². The molecule has 0 spiro atoms. The SMILES string of the molecule is CC(=O)C1(OS(=O)O)CCCCC1. The van der Waals surface area contributed by atoms with Gasteiger partial charge in [-0.2, -0.15) is 4.21 Å². The van der Waals surface area contributed by atoms with Gasteiger partial charge in [-0.15, -0.1) is 0 Å². The Labute approximate surface area is 80.1 Å². The minimum atomic E-state index is -2.34. The monoisotopic (exact) mass is 206 g/mol. The van der Waals surface area contributed by atoms with Crippen molar-refractivity contribution in [1.82, 2.24) is 0 Å². The van der Waals surface area contributed by atoms with Crippen LogP contribution in [-0.2, 0) is 20.3 Å². The molecule has 1 unspecified atom stereocenters. The van der Waals surface area contributed by atoms with Crippen LogP contribution in [0.2, 0.25) is 0 Å². The highest BCUT2D eigenvalue weighted by Crippen LogP contribution is 2.32. The Morgan fingerprint density at radius 3 is 2.31 bits per heavy atom. The molecule has 13 heavy (non-hydrogen) atoms. The highest BCUT2D eigenvalue weighted by Gasteiger charge is 2.39. The lowest BCUT2D eigenvalue weighted by molar-refractivity contribution is -0.134. The van der Waals surface area contributed by atoms with Crippen LogP contribution in [0.4, 0.5) is 0 Å². The van der Waals surface area contributed by atoms with Crippen molar-refractivity contribution in [2.75, 3.05) is 0 Å². The summed E-state index contributed by atoms with van der Waals surface area (Å²) in [5.74, 6) is -0.144. The van der Waals surface area contributed by atoms with E-state index in [0.29, 0.717) is 12.8 Å². The van der Waals surface area contributed by atoms with Gasteiger partial charge in [-0.1, -0.05) is 19.3 Å². The molecule has 0 radical (unpaired) electrons. The average molecular weight is 206 g/mol. The fraction of sp³-hybridized carbons (Fsp3) is 0.875. The van der Waals surface area contributed by atoms with E-state index in [2.05, 4.69) is 0 Å². The van der Waals surface area contributed by atoms with E-state index >= 15 is 0 Å². The van der Waals surface area contributed by atoms with E-state index in [1.54, 1.807) is 0 Å². The number of carbonyl (C=O) groups excluding carboxylic acids is 1. The van der Waals surface area contributed by atoms with E-state index in [-0.39, 0.29) is 5.78 Å². The van der Waals surface area contributed by atoms with E-state index in [1.165, 1.54) is 6.92 Å². The standard InChI is InChI=1S/C8H14O4S/c1-7(9)8(12-13(10)11)5-3-2-4-6-8/h2-6H2,1H3,(H,10,11). The predicted molar refractivity (Wildman–Crippen MR) is 48.4 cm³/mol. The molecule has 0 aromatic carbocycles. The Morgan fingerprint density at radius 1 is 1.38 bits per heavy atom. The summed E-state index contributed by atoms with van der Waals surface area (Å²) in [5, 5.41) is 0. The minimum Gasteiger partial charge on any atom is -0.297 e. The van der Waals surface area contributed by atoms with E-state index in [0.717, 1.165) is 19.3 Å². The van der Waals surface area contributed by atoms with Crippen LogP contribution < -0.4 is 0 Å². The van der Waals surface area contributed by atoms with Gasteiger partial charge in [-0.25, -0.2) is 0 Å². The van der Waals surface area contributed by atoms with Gasteiger partial charge in [0.05, 0.1) is 0 Å². The lowest BCUT2D eigenvalue weighted by Gasteiger charge is -2.32. The number of ketones is 1. The van der Waals surface area contributed by atoms with Crippen molar-refractivity contribution in [2.24, 2.45) is 0 Å². The topological polar surface area (TPSA) is 63.6 Å². The number of rotatable bonds is 3. The first-order chi connectivity index (χ1) is 6.07. The summed E-state index contributed by atoms with van der Waals surface area (Å²) in [6.07, 6.45) is 3.97. The van der Waals surface area contributed by atoms with Crippen LogP contribution in [-0.4, -0.2) is 20.1 Å². The molecular formula is C8H14O4S. The lowest BCUT2D eigenvalue weighted by atomic mass is 9.82. The predicted octanol–water partition coefficient (Wildman–Crippen LogP) is 1.43. The second kappa shape index (κ2) is 4.30. The Balaban J connectivity index is 2.73. The molecule has 1 aliphatic rings. The zero-order valence-electron chi connectivity index (χ0n) is 7.62. The average Bonchev–Trinajstić information content (AvgIpc) is 2.04. The lowest BCUT2D eigenvalue weighted by Crippen LogP contribution is -2.42. The van der Waals surface area contributed by atoms with Crippen LogP contribution in [0.25, 0.3) is 0 Å². The molecule has 1 atom stereocenters. The normalized spacial score (nSPS) is 23.8. The molecule has 1 saturated carbocycles. The van der Waals surface area contributed by atoms with Gasteiger partial charge in [0.15, 0.2) is 5.78 Å². The van der Waals surface area contributed by atoms with Gasteiger partial charge in [0.25, 0.3) is 0 Å². The summed E-state index contributed by atoms with van der Waals surface area (Å²) < 4.78 is 23.9. The van der Waals surface area contributed by atoms with Crippen molar-refractivity contribution in [3.63, 3.8) is 0 Å². The smallest absolute Gasteiger partial charge is 0.297 e. The summed E-state index contributed by atoms with van der Waals surface area (Å²) in [4.78, 5) is 11.3. The third kappa shape index (κ3) is 2.59. The molecule has 1 fully saturated rings. The molecule has 0 aliphatic heterocycles. The molecule has 0 heterocycles. The number of Topliss-reactive ketones (excluding diaryl/α,β-unsaturated/α-hetero) is 1. The summed E-state index contributed by atoms with van der Waals surface area (Å²) >= 11 is -2.34. The summed E-state index contributed by atoms with van der Waals surface area (Å²) in [6.45, 7) is 1.41. The summed E-state index contributed by atoms with van der Waals surface area (Å²) in [6, 6.07) is 0. The molecule has 76 valence electrons. The van der Waals surface area contributed by atoms with Gasteiger partial charge >= 0.3 is 11.4 Å². The van der Waals surface area contributed by atoms with E-state index in [9.17, 15) is 9.00 Å². The van der Waals surface area contributed by atoms with Gasteiger partial charge in [-0.3, -0.25) is 13.5 Å². The number of hydrogen-bond donors (Lipinski definition) is 1. The van der Waals surface area contributed by atoms with Crippen molar-refractivity contribution in [2.45, 2.75) is 44.6 Å². The van der Waals surface area contributed by atoms with Crippen molar-refractivity contribution in [1.29, 1.82) is 0 Å². The molecule has 0 bridgehead atoms. The van der Waals surface area contributed by atoms with Gasteiger partial charge in [0.2, 0.25) is 0 Å². The first-order valence-electron chi connectivity index (χ1n) is 4.38. The summed E-state index contributed by atoms with van der Waals surface area (Å²) in [7, 11) is 0. The van der Waals surface area contributed by atoms with E-state index in [1.807, 2.05) is 0 Å². The highest BCUT2D eigenvalue weighted by molar-refractivity contribution is 7.74. The second-order valence-electron chi connectivity index (χ2n) is 3.41. The molecule has 0 aromatic heterocycles. The van der Waals surface area contributed by atoms with Crippen LogP contribution in [0.3, 0.4) is 0 Å². The molecule has 4 nitrogen and oxygen atoms in total. The van der Waals surface area contributed by atoms with Crippen molar-refractivity contribution >= 4 is 17.1 Å². The first-order valence-corrected chi connectivity index (χ1v) is 5.41. The van der Waals surface area contributed by atoms with Crippen LogP contribution in [0.5, 0.6) is 0 Å². The molecule has 0 saturated heterocycles. The molecule has 1 rings (SSSR count). The fourth-order valence-corrected chi connectivity index (χ4v) is 2.31.